The fraction of sp³-hybridized carbons (Fsp3) is 0.450. The number of hydrogen-bond acceptors (Lipinski definition) is 3. The Hall–Kier alpha value is -2.27. The molecule has 2 aliphatic rings. The van der Waals surface area contributed by atoms with Crippen LogP contribution in [0.2, 0.25) is 0 Å². The minimum atomic E-state index is -1.22. The molecule has 5 heteroatoms. The van der Waals surface area contributed by atoms with E-state index in [9.17, 15) is 9.90 Å². The molecule has 3 N–H and O–H groups in total. The zero-order valence-corrected chi connectivity index (χ0v) is 14.4. The number of furan rings is 1. The molecule has 2 amide bonds. The van der Waals surface area contributed by atoms with Gasteiger partial charge in [-0.1, -0.05) is 24.3 Å². The zero-order valence-electron chi connectivity index (χ0n) is 14.4. The first-order valence-corrected chi connectivity index (χ1v) is 8.88. The Morgan fingerprint density at radius 3 is 2.96 bits per heavy atom. The first-order chi connectivity index (χ1) is 12.0. The molecule has 132 valence electrons. The second kappa shape index (κ2) is 5.92. The molecule has 4 rings (SSSR count). The maximum Gasteiger partial charge on any atom is 0.314 e. The number of aryl methyl sites for hydroxylation is 1. The van der Waals surface area contributed by atoms with Gasteiger partial charge in [0.1, 0.15) is 11.4 Å². The van der Waals surface area contributed by atoms with E-state index in [1.165, 1.54) is 23.8 Å². The summed E-state index contributed by atoms with van der Waals surface area (Å²) in [5.74, 6) is 0.948. The van der Waals surface area contributed by atoms with Crippen molar-refractivity contribution in [3.8, 4) is 0 Å². The molecule has 0 aliphatic heterocycles. The largest absolute Gasteiger partial charge is 0.466 e. The van der Waals surface area contributed by atoms with Crippen molar-refractivity contribution in [2.75, 3.05) is 13.1 Å². The number of aliphatic hydroxyl groups is 1. The topological polar surface area (TPSA) is 74.5 Å². The minimum absolute atomic E-state index is 0.102. The molecule has 1 fully saturated rings. The average Bonchev–Trinajstić information content (AvgIpc) is 2.96. The Labute approximate surface area is 147 Å². The van der Waals surface area contributed by atoms with E-state index in [-0.39, 0.29) is 18.0 Å². The maximum atomic E-state index is 12.1. The van der Waals surface area contributed by atoms with Gasteiger partial charge in [0.25, 0.3) is 0 Å². The van der Waals surface area contributed by atoms with Crippen LogP contribution in [0.3, 0.4) is 0 Å². The van der Waals surface area contributed by atoms with Crippen LogP contribution in [0.25, 0.3) is 0 Å². The molecular weight excluding hydrogens is 316 g/mol. The highest BCUT2D eigenvalue weighted by Gasteiger charge is 2.57. The number of fused-ring (bicyclic) bond motifs is 2. The van der Waals surface area contributed by atoms with E-state index in [2.05, 4.69) is 34.9 Å². The summed E-state index contributed by atoms with van der Waals surface area (Å²) < 4.78 is 5.21. The summed E-state index contributed by atoms with van der Waals surface area (Å²) in [4.78, 5) is 12.1. The molecule has 25 heavy (non-hydrogen) atoms. The number of nitrogens with one attached hydrogen (secondary N) is 2. The van der Waals surface area contributed by atoms with Gasteiger partial charge in [-0.25, -0.2) is 4.79 Å². The maximum absolute atomic E-state index is 12.1. The standard InChI is InChI=1S/C20H24N2O3/c1-19(24,17-7-4-10-25-17)13-22-18(23)21-12-15-11-20(15)9-8-14-5-2-3-6-16(14)20/h2-7,10,15,24H,8-9,11-13H2,1H3,(H2,21,22,23)/t15-,19+,20+/m1/s1. The van der Waals surface area contributed by atoms with Gasteiger partial charge >= 0.3 is 6.03 Å². The molecule has 5 nitrogen and oxygen atoms in total. The highest BCUT2D eigenvalue weighted by molar-refractivity contribution is 5.74. The molecule has 3 atom stereocenters. The first kappa shape index (κ1) is 16.2. The summed E-state index contributed by atoms with van der Waals surface area (Å²) in [6.07, 6.45) is 4.99. The van der Waals surface area contributed by atoms with Crippen LogP contribution in [-0.4, -0.2) is 24.2 Å². The van der Waals surface area contributed by atoms with Gasteiger partial charge in [0.15, 0.2) is 0 Å². The van der Waals surface area contributed by atoms with Crippen LogP contribution in [0.4, 0.5) is 4.79 Å². The molecule has 0 bridgehead atoms. The predicted molar refractivity (Wildman–Crippen MR) is 94.2 cm³/mol. The van der Waals surface area contributed by atoms with Crippen molar-refractivity contribution in [3.63, 3.8) is 0 Å². The quantitative estimate of drug-likeness (QED) is 0.783. The van der Waals surface area contributed by atoms with Crippen LogP contribution in [-0.2, 0) is 17.4 Å². The summed E-state index contributed by atoms with van der Waals surface area (Å²) in [5.41, 5.74) is 2.00. The minimum Gasteiger partial charge on any atom is -0.466 e. The van der Waals surface area contributed by atoms with Gasteiger partial charge in [0.2, 0.25) is 0 Å². The molecule has 0 saturated heterocycles. The fourth-order valence-corrected chi connectivity index (χ4v) is 4.20. The highest BCUT2D eigenvalue weighted by atomic mass is 16.4. The van der Waals surface area contributed by atoms with Gasteiger partial charge in [0.05, 0.1) is 12.8 Å². The van der Waals surface area contributed by atoms with Gasteiger partial charge in [-0.05, 0) is 55.4 Å². The smallest absolute Gasteiger partial charge is 0.314 e. The van der Waals surface area contributed by atoms with Crippen molar-refractivity contribution in [2.24, 2.45) is 5.92 Å². The third kappa shape index (κ3) is 2.93. The Morgan fingerprint density at radius 1 is 1.32 bits per heavy atom. The third-order valence-electron chi connectivity index (χ3n) is 5.78. The van der Waals surface area contributed by atoms with Crippen LogP contribution in [0.1, 0.15) is 36.7 Å². The van der Waals surface area contributed by atoms with E-state index in [1.54, 1.807) is 19.1 Å². The Morgan fingerprint density at radius 2 is 2.16 bits per heavy atom. The monoisotopic (exact) mass is 340 g/mol. The van der Waals surface area contributed by atoms with Gasteiger partial charge < -0.3 is 20.2 Å². The van der Waals surface area contributed by atoms with E-state index in [4.69, 9.17) is 4.42 Å². The number of hydrogen-bond donors (Lipinski definition) is 3. The van der Waals surface area contributed by atoms with Gasteiger partial charge in [0, 0.05) is 12.0 Å². The highest BCUT2D eigenvalue weighted by Crippen LogP contribution is 2.61. The van der Waals surface area contributed by atoms with Gasteiger partial charge in [-0.15, -0.1) is 0 Å². The second-order valence-corrected chi connectivity index (χ2v) is 7.53. The molecule has 2 aromatic rings. The van der Waals surface area contributed by atoms with Crippen molar-refractivity contribution in [1.82, 2.24) is 10.6 Å². The summed E-state index contributed by atoms with van der Waals surface area (Å²) >= 11 is 0. The molecule has 1 aromatic carbocycles. The predicted octanol–water partition coefficient (Wildman–Crippen LogP) is 2.69. The number of rotatable bonds is 5. The summed E-state index contributed by atoms with van der Waals surface area (Å²) in [7, 11) is 0. The number of urea groups is 1. The van der Waals surface area contributed by atoms with Crippen LogP contribution < -0.4 is 10.6 Å². The van der Waals surface area contributed by atoms with Gasteiger partial charge in [-0.3, -0.25) is 0 Å². The van der Waals surface area contributed by atoms with Crippen molar-refractivity contribution in [3.05, 3.63) is 59.5 Å². The summed E-state index contributed by atoms with van der Waals surface area (Å²) in [6.45, 7) is 2.39. The van der Waals surface area contributed by atoms with E-state index < -0.39 is 5.60 Å². The molecular formula is C20H24N2O3. The van der Waals surface area contributed by atoms with Crippen LogP contribution in [0.15, 0.2) is 47.1 Å². The van der Waals surface area contributed by atoms with Crippen LogP contribution in [0, 0.1) is 5.92 Å². The Balaban J connectivity index is 1.27. The number of benzene rings is 1. The lowest BCUT2D eigenvalue weighted by Gasteiger charge is -2.21. The number of carbonyl (C=O) groups is 1. The van der Waals surface area contributed by atoms with Crippen LogP contribution in [0.5, 0.6) is 0 Å². The van der Waals surface area contributed by atoms with Crippen molar-refractivity contribution >= 4 is 6.03 Å². The first-order valence-electron chi connectivity index (χ1n) is 8.88. The number of amides is 2. The van der Waals surface area contributed by atoms with Crippen molar-refractivity contribution in [1.29, 1.82) is 0 Å². The lowest BCUT2D eigenvalue weighted by atomic mass is 9.95. The summed E-state index contributed by atoms with van der Waals surface area (Å²) in [6, 6.07) is 11.8. The van der Waals surface area contributed by atoms with Gasteiger partial charge in [-0.2, -0.15) is 0 Å². The molecule has 1 saturated carbocycles. The Bertz CT molecular complexity index is 769. The number of carbonyl (C=O) groups excluding carboxylic acids is 1. The fourth-order valence-electron chi connectivity index (χ4n) is 4.20. The lowest BCUT2D eigenvalue weighted by molar-refractivity contribution is 0.0367. The molecule has 1 heterocycles. The normalized spacial score (nSPS) is 26.1. The molecule has 1 aromatic heterocycles. The molecule has 0 unspecified atom stereocenters. The van der Waals surface area contributed by atoms with E-state index in [0.717, 1.165) is 12.8 Å². The van der Waals surface area contributed by atoms with Crippen molar-refractivity contribution < 1.29 is 14.3 Å². The molecule has 2 aliphatic carbocycles. The molecule has 0 radical (unpaired) electrons. The lowest BCUT2D eigenvalue weighted by Crippen LogP contribution is -2.44. The Kier molecular flexibility index (Phi) is 3.84. The average molecular weight is 340 g/mol. The second-order valence-electron chi connectivity index (χ2n) is 7.53. The summed E-state index contributed by atoms with van der Waals surface area (Å²) in [5, 5.41) is 16.0. The zero-order chi connectivity index (χ0) is 17.5. The van der Waals surface area contributed by atoms with E-state index >= 15 is 0 Å². The molecule has 1 spiro atoms. The third-order valence-corrected chi connectivity index (χ3v) is 5.78. The van der Waals surface area contributed by atoms with E-state index in [0.29, 0.717) is 18.2 Å². The SMILES string of the molecule is C[C@](O)(CNC(=O)NC[C@H]1C[C@@]12CCc1ccccc12)c1ccco1. The van der Waals surface area contributed by atoms with Crippen LogP contribution >= 0.6 is 0 Å². The van der Waals surface area contributed by atoms with Crippen molar-refractivity contribution in [2.45, 2.75) is 37.2 Å². The van der Waals surface area contributed by atoms with E-state index in [1.807, 2.05) is 0 Å².